The summed E-state index contributed by atoms with van der Waals surface area (Å²) in [7, 11) is 0. The highest BCUT2D eigenvalue weighted by Crippen LogP contribution is 2.19. The summed E-state index contributed by atoms with van der Waals surface area (Å²) >= 11 is 0. The third-order valence-corrected chi connectivity index (χ3v) is 4.63. The van der Waals surface area contributed by atoms with Gasteiger partial charge in [-0.15, -0.1) is 0 Å². The molecule has 2 amide bonds. The highest BCUT2D eigenvalue weighted by atomic mass is 19.1. The number of hydrogen-bond acceptors (Lipinski definition) is 2. The van der Waals surface area contributed by atoms with Gasteiger partial charge >= 0.3 is 0 Å². The first kappa shape index (κ1) is 18.8. The van der Waals surface area contributed by atoms with Crippen LogP contribution in [0.1, 0.15) is 52.8 Å². The van der Waals surface area contributed by atoms with Crippen molar-refractivity contribution in [2.45, 2.75) is 32.1 Å². The van der Waals surface area contributed by atoms with Crippen molar-refractivity contribution in [2.75, 3.05) is 11.9 Å². The van der Waals surface area contributed by atoms with Gasteiger partial charge in [0.25, 0.3) is 11.8 Å². The summed E-state index contributed by atoms with van der Waals surface area (Å²) in [5.41, 5.74) is 2.23. The lowest BCUT2D eigenvalue weighted by atomic mass is 9.97. The van der Waals surface area contributed by atoms with Gasteiger partial charge in [-0.2, -0.15) is 0 Å². The van der Waals surface area contributed by atoms with E-state index in [9.17, 15) is 14.0 Å². The van der Waals surface area contributed by atoms with E-state index in [1.807, 2.05) is 0 Å². The number of allylic oxidation sites excluding steroid dienone is 1. The molecule has 0 bridgehead atoms. The number of halogens is 1. The van der Waals surface area contributed by atoms with Crippen LogP contribution in [0.2, 0.25) is 0 Å². The van der Waals surface area contributed by atoms with Crippen LogP contribution >= 0.6 is 0 Å². The maximum Gasteiger partial charge on any atom is 0.255 e. The van der Waals surface area contributed by atoms with Gasteiger partial charge in [-0.1, -0.05) is 29.8 Å². The van der Waals surface area contributed by atoms with Crippen LogP contribution in [-0.4, -0.2) is 18.4 Å². The van der Waals surface area contributed by atoms with Crippen molar-refractivity contribution in [3.63, 3.8) is 0 Å². The second kappa shape index (κ2) is 9.12. The fraction of sp³-hybridized carbons (Fsp3) is 0.273. The summed E-state index contributed by atoms with van der Waals surface area (Å²) in [6.07, 6.45) is 7.84. The third-order valence-electron chi connectivity index (χ3n) is 4.63. The Morgan fingerprint density at radius 1 is 0.963 bits per heavy atom. The van der Waals surface area contributed by atoms with Gasteiger partial charge in [0, 0.05) is 17.7 Å². The van der Waals surface area contributed by atoms with Crippen molar-refractivity contribution < 1.29 is 14.0 Å². The molecule has 0 saturated heterocycles. The number of rotatable bonds is 6. The van der Waals surface area contributed by atoms with Crippen molar-refractivity contribution in [1.29, 1.82) is 0 Å². The van der Waals surface area contributed by atoms with E-state index in [1.54, 1.807) is 30.3 Å². The Kier molecular flexibility index (Phi) is 6.36. The van der Waals surface area contributed by atoms with E-state index in [-0.39, 0.29) is 11.6 Å². The molecule has 2 aromatic rings. The number of para-hydroxylation sites is 1. The first-order valence-electron chi connectivity index (χ1n) is 9.25. The molecular formula is C22H23FN2O2. The van der Waals surface area contributed by atoms with Gasteiger partial charge in [0.15, 0.2) is 0 Å². The first-order chi connectivity index (χ1) is 13.1. The molecule has 0 fully saturated rings. The van der Waals surface area contributed by atoms with Crippen LogP contribution in [0.15, 0.2) is 60.2 Å². The van der Waals surface area contributed by atoms with Crippen LogP contribution < -0.4 is 10.6 Å². The molecule has 4 nitrogen and oxygen atoms in total. The van der Waals surface area contributed by atoms with E-state index in [2.05, 4.69) is 16.7 Å². The third kappa shape index (κ3) is 5.26. The van der Waals surface area contributed by atoms with Gasteiger partial charge in [0.2, 0.25) is 0 Å². The average molecular weight is 366 g/mol. The van der Waals surface area contributed by atoms with Gasteiger partial charge in [0.1, 0.15) is 5.82 Å². The highest BCUT2D eigenvalue weighted by Gasteiger charge is 2.12. The second-order valence-corrected chi connectivity index (χ2v) is 6.63. The van der Waals surface area contributed by atoms with Crippen LogP contribution in [0.5, 0.6) is 0 Å². The van der Waals surface area contributed by atoms with Gasteiger partial charge in [-0.3, -0.25) is 9.59 Å². The molecule has 2 N–H and O–H groups in total. The van der Waals surface area contributed by atoms with Crippen LogP contribution in [-0.2, 0) is 0 Å². The molecule has 0 aliphatic heterocycles. The summed E-state index contributed by atoms with van der Waals surface area (Å²) in [5, 5.41) is 5.43. The van der Waals surface area contributed by atoms with Gasteiger partial charge in [0.05, 0.1) is 5.69 Å². The van der Waals surface area contributed by atoms with E-state index in [1.165, 1.54) is 36.6 Å². The molecule has 140 valence electrons. The Balaban J connectivity index is 1.59. The van der Waals surface area contributed by atoms with Crippen molar-refractivity contribution >= 4 is 17.5 Å². The monoisotopic (exact) mass is 366 g/mol. The summed E-state index contributed by atoms with van der Waals surface area (Å²) in [4.78, 5) is 24.7. The standard InChI is InChI=1S/C22H23FN2O2/c23-19-11-4-5-12-20(19)25-22(27)18-10-6-9-17(15-18)21(26)24-14-13-16-7-2-1-3-8-16/h4-7,9-12,15H,1-3,8,13-14H2,(H,24,26)(H,25,27). The Morgan fingerprint density at radius 3 is 2.48 bits per heavy atom. The number of hydrogen-bond donors (Lipinski definition) is 2. The van der Waals surface area contributed by atoms with Gasteiger partial charge in [-0.05, 0) is 62.4 Å². The van der Waals surface area contributed by atoms with E-state index in [0.29, 0.717) is 17.7 Å². The fourth-order valence-corrected chi connectivity index (χ4v) is 3.13. The van der Waals surface area contributed by atoms with Crippen molar-refractivity contribution in [3.8, 4) is 0 Å². The zero-order valence-corrected chi connectivity index (χ0v) is 15.1. The molecule has 3 rings (SSSR count). The molecule has 0 atom stereocenters. The Hall–Kier alpha value is -2.95. The van der Waals surface area contributed by atoms with Crippen molar-refractivity contribution in [3.05, 3.63) is 77.1 Å². The summed E-state index contributed by atoms with van der Waals surface area (Å²) in [6, 6.07) is 12.4. The van der Waals surface area contributed by atoms with Crippen LogP contribution in [0.25, 0.3) is 0 Å². The van der Waals surface area contributed by atoms with Gasteiger partial charge in [-0.25, -0.2) is 4.39 Å². The Morgan fingerprint density at radius 2 is 1.74 bits per heavy atom. The molecule has 0 unspecified atom stereocenters. The number of carbonyl (C=O) groups is 2. The quantitative estimate of drug-likeness (QED) is 0.728. The molecule has 0 spiro atoms. The van der Waals surface area contributed by atoms with Crippen molar-refractivity contribution in [2.24, 2.45) is 0 Å². The summed E-state index contributed by atoms with van der Waals surface area (Å²) in [5.74, 6) is -1.18. The second-order valence-electron chi connectivity index (χ2n) is 6.63. The number of amides is 2. The molecule has 1 aliphatic carbocycles. The van der Waals surface area contributed by atoms with Gasteiger partial charge < -0.3 is 10.6 Å². The van der Waals surface area contributed by atoms with E-state index in [0.717, 1.165) is 19.3 Å². The lowest BCUT2D eigenvalue weighted by molar-refractivity contribution is 0.0954. The predicted octanol–water partition coefficient (Wildman–Crippen LogP) is 4.70. The Bertz CT molecular complexity index is 861. The molecule has 0 aromatic heterocycles. The molecular weight excluding hydrogens is 343 g/mol. The highest BCUT2D eigenvalue weighted by molar-refractivity contribution is 6.06. The number of nitrogens with one attached hydrogen (secondary N) is 2. The molecule has 0 radical (unpaired) electrons. The summed E-state index contributed by atoms with van der Waals surface area (Å²) in [6.45, 7) is 0.580. The van der Waals surface area contributed by atoms with Crippen LogP contribution in [0.3, 0.4) is 0 Å². The van der Waals surface area contributed by atoms with E-state index in [4.69, 9.17) is 0 Å². The number of benzene rings is 2. The molecule has 0 heterocycles. The largest absolute Gasteiger partial charge is 0.352 e. The SMILES string of the molecule is O=C(NCCC1=CCCCC1)c1cccc(C(=O)Nc2ccccc2F)c1. The van der Waals surface area contributed by atoms with E-state index < -0.39 is 11.7 Å². The fourth-order valence-electron chi connectivity index (χ4n) is 3.13. The first-order valence-corrected chi connectivity index (χ1v) is 9.25. The minimum Gasteiger partial charge on any atom is -0.352 e. The van der Waals surface area contributed by atoms with Crippen LogP contribution in [0, 0.1) is 5.82 Å². The van der Waals surface area contributed by atoms with Crippen molar-refractivity contribution in [1.82, 2.24) is 5.32 Å². The van der Waals surface area contributed by atoms with Crippen LogP contribution in [0.4, 0.5) is 10.1 Å². The summed E-state index contributed by atoms with van der Waals surface area (Å²) < 4.78 is 13.7. The van der Waals surface area contributed by atoms with E-state index >= 15 is 0 Å². The zero-order chi connectivity index (χ0) is 19.1. The maximum absolute atomic E-state index is 13.7. The number of anilines is 1. The minimum absolute atomic E-state index is 0.109. The Labute approximate surface area is 158 Å². The molecule has 0 saturated carbocycles. The molecule has 27 heavy (non-hydrogen) atoms. The lowest BCUT2D eigenvalue weighted by Gasteiger charge is -2.13. The molecule has 5 heteroatoms. The zero-order valence-electron chi connectivity index (χ0n) is 15.1. The average Bonchev–Trinajstić information content (AvgIpc) is 2.70. The topological polar surface area (TPSA) is 58.2 Å². The smallest absolute Gasteiger partial charge is 0.255 e. The normalized spacial score (nSPS) is 13.6. The maximum atomic E-state index is 13.7. The molecule has 2 aromatic carbocycles. The predicted molar refractivity (Wildman–Crippen MR) is 104 cm³/mol. The minimum atomic E-state index is -0.503. The molecule has 1 aliphatic rings. The lowest BCUT2D eigenvalue weighted by Crippen LogP contribution is -2.25. The number of carbonyl (C=O) groups excluding carboxylic acids is 2.